The van der Waals surface area contributed by atoms with Crippen molar-refractivity contribution in [2.45, 2.75) is 90.2 Å². The van der Waals surface area contributed by atoms with Gasteiger partial charge in [-0.25, -0.2) is 0 Å². The molecule has 3 unspecified atom stereocenters. The minimum atomic E-state index is 0.287. The van der Waals surface area contributed by atoms with E-state index in [-0.39, 0.29) is 5.60 Å². The van der Waals surface area contributed by atoms with Crippen molar-refractivity contribution in [2.75, 3.05) is 13.2 Å². The molecular formula is C19H35NO. The first-order chi connectivity index (χ1) is 10.1. The van der Waals surface area contributed by atoms with Crippen LogP contribution in [0, 0.1) is 17.3 Å². The lowest BCUT2D eigenvalue weighted by atomic mass is 9.61. The Balaban J connectivity index is 1.73. The fraction of sp³-hybridized carbons (Fsp3) is 1.00. The summed E-state index contributed by atoms with van der Waals surface area (Å²) in [6.45, 7) is 9.42. The van der Waals surface area contributed by atoms with Gasteiger partial charge >= 0.3 is 0 Å². The van der Waals surface area contributed by atoms with Crippen molar-refractivity contribution in [2.24, 2.45) is 17.3 Å². The summed E-state index contributed by atoms with van der Waals surface area (Å²) in [7, 11) is 0. The lowest BCUT2D eigenvalue weighted by molar-refractivity contribution is -0.151. The molecule has 21 heavy (non-hydrogen) atoms. The van der Waals surface area contributed by atoms with Crippen LogP contribution in [-0.2, 0) is 4.74 Å². The number of hydrogen-bond donors (Lipinski definition) is 1. The standard InChI is InChI=1S/C19H35NO/c1-4-20-17(16-8-5-6-10-18(16,2)3)15-9-13-21-19(14-15)11-7-12-19/h15-17,20H,4-14H2,1-3H3. The van der Waals surface area contributed by atoms with Crippen LogP contribution in [0.2, 0.25) is 0 Å². The summed E-state index contributed by atoms with van der Waals surface area (Å²) in [6, 6.07) is 0.715. The van der Waals surface area contributed by atoms with E-state index in [0.717, 1.165) is 25.0 Å². The maximum Gasteiger partial charge on any atom is 0.0685 e. The summed E-state index contributed by atoms with van der Waals surface area (Å²) in [5, 5.41) is 3.91. The van der Waals surface area contributed by atoms with E-state index in [9.17, 15) is 0 Å². The number of ether oxygens (including phenoxy) is 1. The molecule has 1 heterocycles. The molecule has 122 valence electrons. The second-order valence-corrected chi connectivity index (χ2v) is 8.56. The van der Waals surface area contributed by atoms with Crippen LogP contribution in [-0.4, -0.2) is 24.8 Å². The molecule has 0 radical (unpaired) electrons. The van der Waals surface area contributed by atoms with E-state index in [1.165, 1.54) is 57.8 Å². The first-order valence-electron chi connectivity index (χ1n) is 9.44. The molecule has 0 aromatic carbocycles. The van der Waals surface area contributed by atoms with Crippen molar-refractivity contribution in [3.63, 3.8) is 0 Å². The molecule has 0 aromatic heterocycles. The maximum absolute atomic E-state index is 6.17. The van der Waals surface area contributed by atoms with Gasteiger partial charge in [0.15, 0.2) is 0 Å². The quantitative estimate of drug-likeness (QED) is 0.822. The van der Waals surface area contributed by atoms with E-state index < -0.39 is 0 Å². The minimum absolute atomic E-state index is 0.287. The minimum Gasteiger partial charge on any atom is -0.375 e. The highest BCUT2D eigenvalue weighted by Gasteiger charge is 2.47. The Morgan fingerprint density at radius 2 is 1.90 bits per heavy atom. The van der Waals surface area contributed by atoms with Gasteiger partial charge in [-0.05, 0) is 68.7 Å². The highest BCUT2D eigenvalue weighted by molar-refractivity contribution is 5.00. The molecule has 3 aliphatic rings. The van der Waals surface area contributed by atoms with Gasteiger partial charge in [-0.3, -0.25) is 0 Å². The number of rotatable bonds is 4. The molecule has 1 N–H and O–H groups in total. The van der Waals surface area contributed by atoms with Crippen LogP contribution in [0.4, 0.5) is 0 Å². The molecule has 0 aromatic rings. The molecule has 3 atom stereocenters. The fourth-order valence-corrected chi connectivity index (χ4v) is 5.35. The molecule has 1 aliphatic heterocycles. The third-order valence-electron chi connectivity index (χ3n) is 6.77. The van der Waals surface area contributed by atoms with E-state index >= 15 is 0 Å². The van der Waals surface area contributed by atoms with Gasteiger partial charge in [0.2, 0.25) is 0 Å². The summed E-state index contributed by atoms with van der Waals surface area (Å²) in [4.78, 5) is 0. The predicted molar refractivity (Wildman–Crippen MR) is 88.5 cm³/mol. The van der Waals surface area contributed by atoms with E-state index in [4.69, 9.17) is 4.74 Å². The lowest BCUT2D eigenvalue weighted by Gasteiger charge is -2.52. The Kier molecular flexibility index (Phi) is 4.66. The van der Waals surface area contributed by atoms with Gasteiger partial charge in [0.05, 0.1) is 5.60 Å². The molecular weight excluding hydrogens is 258 g/mol. The molecule has 3 rings (SSSR count). The summed E-state index contributed by atoms with van der Waals surface area (Å²) < 4.78 is 6.17. The van der Waals surface area contributed by atoms with E-state index in [1.807, 2.05) is 0 Å². The molecule has 2 saturated carbocycles. The molecule has 1 saturated heterocycles. The average Bonchev–Trinajstić information content (AvgIpc) is 2.43. The van der Waals surface area contributed by atoms with Crippen molar-refractivity contribution >= 4 is 0 Å². The largest absolute Gasteiger partial charge is 0.375 e. The van der Waals surface area contributed by atoms with Crippen LogP contribution in [0.5, 0.6) is 0 Å². The van der Waals surface area contributed by atoms with Crippen LogP contribution in [0.15, 0.2) is 0 Å². The van der Waals surface area contributed by atoms with Crippen molar-refractivity contribution in [1.82, 2.24) is 5.32 Å². The van der Waals surface area contributed by atoms with Crippen LogP contribution in [0.25, 0.3) is 0 Å². The van der Waals surface area contributed by atoms with Crippen molar-refractivity contribution < 1.29 is 4.74 Å². The second kappa shape index (κ2) is 6.20. The lowest BCUT2D eigenvalue weighted by Crippen LogP contribution is -2.54. The SMILES string of the molecule is CCNC(C1CCOC2(CCC2)C1)C1CCCCC1(C)C. The van der Waals surface area contributed by atoms with Gasteiger partial charge in [0, 0.05) is 12.6 Å². The Hall–Kier alpha value is -0.0800. The third-order valence-corrected chi connectivity index (χ3v) is 6.77. The molecule has 2 aliphatic carbocycles. The maximum atomic E-state index is 6.17. The van der Waals surface area contributed by atoms with Crippen LogP contribution < -0.4 is 5.32 Å². The highest BCUT2D eigenvalue weighted by atomic mass is 16.5. The Morgan fingerprint density at radius 1 is 1.10 bits per heavy atom. The van der Waals surface area contributed by atoms with E-state index in [2.05, 4.69) is 26.1 Å². The second-order valence-electron chi connectivity index (χ2n) is 8.56. The predicted octanol–water partition coefficient (Wildman–Crippen LogP) is 4.53. The monoisotopic (exact) mass is 293 g/mol. The topological polar surface area (TPSA) is 21.3 Å². The normalized spacial score (nSPS) is 36.1. The van der Waals surface area contributed by atoms with Gasteiger partial charge in [-0.2, -0.15) is 0 Å². The van der Waals surface area contributed by atoms with E-state index in [0.29, 0.717) is 11.5 Å². The fourth-order valence-electron chi connectivity index (χ4n) is 5.35. The van der Waals surface area contributed by atoms with Gasteiger partial charge in [0.1, 0.15) is 0 Å². The Bertz CT molecular complexity index is 347. The molecule has 3 fully saturated rings. The van der Waals surface area contributed by atoms with Crippen molar-refractivity contribution in [3.05, 3.63) is 0 Å². The summed E-state index contributed by atoms with van der Waals surface area (Å²) in [5.74, 6) is 1.69. The highest BCUT2D eigenvalue weighted by Crippen LogP contribution is 2.49. The molecule has 0 bridgehead atoms. The van der Waals surface area contributed by atoms with Crippen molar-refractivity contribution in [3.8, 4) is 0 Å². The smallest absolute Gasteiger partial charge is 0.0685 e. The zero-order chi connectivity index (χ0) is 14.9. The first kappa shape index (κ1) is 15.8. The third kappa shape index (κ3) is 3.17. The van der Waals surface area contributed by atoms with Gasteiger partial charge in [-0.1, -0.05) is 33.6 Å². The van der Waals surface area contributed by atoms with Gasteiger partial charge in [0.25, 0.3) is 0 Å². The summed E-state index contributed by atoms with van der Waals surface area (Å²) >= 11 is 0. The average molecular weight is 293 g/mol. The molecule has 0 amide bonds. The molecule has 1 spiro atoms. The zero-order valence-corrected chi connectivity index (χ0v) is 14.4. The summed E-state index contributed by atoms with van der Waals surface area (Å²) in [5.41, 5.74) is 0.797. The van der Waals surface area contributed by atoms with Crippen LogP contribution in [0.3, 0.4) is 0 Å². The van der Waals surface area contributed by atoms with E-state index in [1.54, 1.807) is 0 Å². The van der Waals surface area contributed by atoms with Crippen molar-refractivity contribution in [1.29, 1.82) is 0 Å². The van der Waals surface area contributed by atoms with Crippen LogP contribution in [0.1, 0.15) is 78.6 Å². The van der Waals surface area contributed by atoms with Gasteiger partial charge in [-0.15, -0.1) is 0 Å². The van der Waals surface area contributed by atoms with Gasteiger partial charge < -0.3 is 10.1 Å². The zero-order valence-electron chi connectivity index (χ0n) is 14.4. The Labute approximate surface area is 131 Å². The Morgan fingerprint density at radius 3 is 2.52 bits per heavy atom. The number of hydrogen-bond acceptors (Lipinski definition) is 2. The summed E-state index contributed by atoms with van der Waals surface area (Å²) in [6.07, 6.45) is 12.3. The molecule has 2 nitrogen and oxygen atoms in total. The first-order valence-corrected chi connectivity index (χ1v) is 9.44. The van der Waals surface area contributed by atoms with Crippen LogP contribution >= 0.6 is 0 Å². The molecule has 2 heteroatoms. The number of nitrogens with one attached hydrogen (secondary N) is 1.